The molecule has 7 nitrogen and oxygen atoms in total. The minimum absolute atomic E-state index is 0.0188. The number of carbonyl (C=O) groups excluding carboxylic acids is 2. The number of aromatic nitrogens is 1. The zero-order valence-electron chi connectivity index (χ0n) is 16.5. The van der Waals surface area contributed by atoms with E-state index >= 15 is 0 Å². The first kappa shape index (κ1) is 19.4. The van der Waals surface area contributed by atoms with Gasteiger partial charge in [0, 0.05) is 43.5 Å². The quantitative estimate of drug-likeness (QED) is 0.811. The molecule has 2 aliphatic heterocycles. The summed E-state index contributed by atoms with van der Waals surface area (Å²) in [5.41, 5.74) is 1.12. The van der Waals surface area contributed by atoms with Crippen molar-refractivity contribution in [2.45, 2.75) is 30.8 Å². The SMILES string of the molecule is CCCNC(=O)N1CC2(C1)[C@@H](c1ccccc1)[C@@H](CO)N2C(=O)c1ccncc1. The molecule has 7 heteroatoms. The Kier molecular flexibility index (Phi) is 5.24. The van der Waals surface area contributed by atoms with E-state index in [4.69, 9.17) is 0 Å². The molecule has 2 N–H and O–H groups in total. The van der Waals surface area contributed by atoms with Crippen molar-refractivity contribution < 1.29 is 14.7 Å². The van der Waals surface area contributed by atoms with Crippen LogP contribution in [0.15, 0.2) is 54.9 Å². The van der Waals surface area contributed by atoms with Crippen LogP contribution in [0.25, 0.3) is 0 Å². The maximum absolute atomic E-state index is 13.3. The highest BCUT2D eigenvalue weighted by atomic mass is 16.3. The van der Waals surface area contributed by atoms with E-state index in [1.165, 1.54) is 0 Å². The molecule has 0 radical (unpaired) electrons. The summed E-state index contributed by atoms with van der Waals surface area (Å²) in [5.74, 6) is -0.151. The van der Waals surface area contributed by atoms with Gasteiger partial charge in [0.25, 0.3) is 5.91 Å². The second-order valence-electron chi connectivity index (χ2n) is 7.74. The van der Waals surface area contributed by atoms with Gasteiger partial charge >= 0.3 is 6.03 Å². The number of rotatable bonds is 5. The molecule has 2 aliphatic rings. The number of amides is 3. The number of nitrogens with zero attached hydrogens (tertiary/aromatic N) is 3. The number of pyridine rings is 1. The predicted molar refractivity (Wildman–Crippen MR) is 108 cm³/mol. The van der Waals surface area contributed by atoms with Gasteiger partial charge in [-0.3, -0.25) is 9.78 Å². The highest BCUT2D eigenvalue weighted by Crippen LogP contribution is 2.54. The van der Waals surface area contributed by atoms with Crippen LogP contribution in [0.5, 0.6) is 0 Å². The summed E-state index contributed by atoms with van der Waals surface area (Å²) in [6, 6.07) is 12.9. The molecule has 152 valence electrons. The molecule has 0 bridgehead atoms. The van der Waals surface area contributed by atoms with Crippen LogP contribution in [0.3, 0.4) is 0 Å². The first-order valence-electron chi connectivity index (χ1n) is 10.0. The third-order valence-electron chi connectivity index (χ3n) is 6.01. The topological polar surface area (TPSA) is 85.8 Å². The van der Waals surface area contributed by atoms with Crippen molar-refractivity contribution in [3.8, 4) is 0 Å². The number of aliphatic hydroxyl groups is 1. The van der Waals surface area contributed by atoms with Gasteiger partial charge in [0.1, 0.15) is 0 Å². The molecule has 4 rings (SSSR count). The van der Waals surface area contributed by atoms with Crippen molar-refractivity contribution in [2.24, 2.45) is 0 Å². The molecule has 2 saturated heterocycles. The van der Waals surface area contributed by atoms with Crippen LogP contribution < -0.4 is 5.32 Å². The summed E-state index contributed by atoms with van der Waals surface area (Å²) in [6.45, 7) is 3.42. The lowest BCUT2D eigenvalue weighted by atomic mass is 9.60. The summed E-state index contributed by atoms with van der Waals surface area (Å²) < 4.78 is 0. The average molecular weight is 394 g/mol. The highest BCUT2D eigenvalue weighted by molar-refractivity contribution is 5.96. The number of hydrogen-bond donors (Lipinski definition) is 2. The average Bonchev–Trinajstić information content (AvgIpc) is 2.72. The zero-order chi connectivity index (χ0) is 20.4. The maximum Gasteiger partial charge on any atom is 0.317 e. The van der Waals surface area contributed by atoms with Crippen LogP contribution in [-0.4, -0.2) is 69.7 Å². The molecule has 0 aliphatic carbocycles. The molecule has 0 saturated carbocycles. The highest BCUT2D eigenvalue weighted by Gasteiger charge is 2.68. The van der Waals surface area contributed by atoms with E-state index < -0.39 is 5.54 Å². The van der Waals surface area contributed by atoms with E-state index in [9.17, 15) is 14.7 Å². The summed E-state index contributed by atoms with van der Waals surface area (Å²) in [7, 11) is 0. The minimum Gasteiger partial charge on any atom is -0.394 e. The van der Waals surface area contributed by atoms with Crippen molar-refractivity contribution >= 4 is 11.9 Å². The first-order chi connectivity index (χ1) is 14.1. The van der Waals surface area contributed by atoms with Gasteiger partial charge in [-0.2, -0.15) is 0 Å². The van der Waals surface area contributed by atoms with E-state index in [0.29, 0.717) is 25.2 Å². The van der Waals surface area contributed by atoms with Crippen LogP contribution in [0.4, 0.5) is 4.79 Å². The molecule has 0 unspecified atom stereocenters. The number of carbonyl (C=O) groups is 2. The Balaban J connectivity index is 1.63. The fourth-order valence-electron chi connectivity index (χ4n) is 4.72. The van der Waals surface area contributed by atoms with Crippen LogP contribution in [0.2, 0.25) is 0 Å². The lowest BCUT2D eigenvalue weighted by molar-refractivity contribution is -0.150. The second kappa shape index (κ2) is 7.83. The van der Waals surface area contributed by atoms with Gasteiger partial charge in [0.15, 0.2) is 0 Å². The summed E-state index contributed by atoms with van der Waals surface area (Å²) in [4.78, 5) is 33.2. The number of nitrogens with one attached hydrogen (secondary N) is 1. The number of likely N-dealkylation sites (tertiary alicyclic amines) is 2. The molecule has 1 spiro atoms. The Morgan fingerprint density at radius 2 is 1.86 bits per heavy atom. The van der Waals surface area contributed by atoms with E-state index in [1.807, 2.05) is 37.3 Å². The Hall–Kier alpha value is -2.93. The zero-order valence-corrected chi connectivity index (χ0v) is 16.5. The maximum atomic E-state index is 13.3. The van der Waals surface area contributed by atoms with Gasteiger partial charge in [0.05, 0.1) is 18.2 Å². The van der Waals surface area contributed by atoms with Gasteiger partial charge in [-0.1, -0.05) is 37.3 Å². The van der Waals surface area contributed by atoms with Crippen LogP contribution in [0, 0.1) is 0 Å². The van der Waals surface area contributed by atoms with E-state index in [1.54, 1.807) is 34.3 Å². The van der Waals surface area contributed by atoms with Crippen LogP contribution >= 0.6 is 0 Å². The van der Waals surface area contributed by atoms with Gasteiger partial charge in [-0.15, -0.1) is 0 Å². The third kappa shape index (κ3) is 3.15. The lowest BCUT2D eigenvalue weighted by Gasteiger charge is -2.70. The Morgan fingerprint density at radius 1 is 1.17 bits per heavy atom. The summed E-state index contributed by atoms with van der Waals surface area (Å²) in [6.07, 6.45) is 4.05. The van der Waals surface area contributed by atoms with Crippen molar-refractivity contribution in [3.63, 3.8) is 0 Å². The van der Waals surface area contributed by atoms with E-state index in [2.05, 4.69) is 10.3 Å². The Morgan fingerprint density at radius 3 is 2.48 bits per heavy atom. The van der Waals surface area contributed by atoms with Crippen LogP contribution in [0.1, 0.15) is 35.2 Å². The van der Waals surface area contributed by atoms with E-state index in [-0.39, 0.29) is 30.5 Å². The number of aliphatic hydroxyl groups excluding tert-OH is 1. The largest absolute Gasteiger partial charge is 0.394 e. The molecule has 2 atom stereocenters. The van der Waals surface area contributed by atoms with Gasteiger partial charge in [0.2, 0.25) is 0 Å². The normalized spacial score (nSPS) is 22.0. The number of urea groups is 1. The summed E-state index contributed by atoms with van der Waals surface area (Å²) >= 11 is 0. The third-order valence-corrected chi connectivity index (χ3v) is 6.01. The van der Waals surface area contributed by atoms with Crippen LogP contribution in [-0.2, 0) is 0 Å². The van der Waals surface area contributed by atoms with Gasteiger partial charge in [-0.05, 0) is 24.1 Å². The fourth-order valence-corrected chi connectivity index (χ4v) is 4.72. The monoisotopic (exact) mass is 394 g/mol. The van der Waals surface area contributed by atoms with Crippen molar-refractivity contribution in [1.82, 2.24) is 20.1 Å². The molecule has 1 aromatic carbocycles. The van der Waals surface area contributed by atoms with Gasteiger partial charge in [-0.25, -0.2) is 4.79 Å². The lowest BCUT2D eigenvalue weighted by Crippen LogP contribution is -2.86. The molecule has 2 aromatic rings. The molecule has 3 amide bonds. The predicted octanol–water partition coefficient (Wildman–Crippen LogP) is 1.86. The van der Waals surface area contributed by atoms with Crippen molar-refractivity contribution in [1.29, 1.82) is 0 Å². The molecule has 3 heterocycles. The van der Waals surface area contributed by atoms with Crippen molar-refractivity contribution in [3.05, 3.63) is 66.0 Å². The molecule has 29 heavy (non-hydrogen) atoms. The molecular weight excluding hydrogens is 368 g/mol. The van der Waals surface area contributed by atoms with Crippen molar-refractivity contribution in [2.75, 3.05) is 26.2 Å². The Labute approximate surface area is 170 Å². The first-order valence-corrected chi connectivity index (χ1v) is 10.0. The number of hydrogen-bond acceptors (Lipinski definition) is 4. The summed E-state index contributed by atoms with van der Waals surface area (Å²) in [5, 5.41) is 13.0. The minimum atomic E-state index is -0.501. The second-order valence-corrected chi connectivity index (χ2v) is 7.74. The molecule has 1 aromatic heterocycles. The van der Waals surface area contributed by atoms with Gasteiger partial charge < -0.3 is 20.2 Å². The fraction of sp³-hybridized carbons (Fsp3) is 0.409. The Bertz CT molecular complexity index is 868. The number of benzene rings is 1. The smallest absolute Gasteiger partial charge is 0.317 e. The van der Waals surface area contributed by atoms with E-state index in [0.717, 1.165) is 12.0 Å². The molecular formula is C22H26N4O3. The molecule has 2 fully saturated rings. The standard InChI is InChI=1S/C22H26N4O3/c1-2-10-24-21(29)25-14-22(15-25)19(16-6-4-3-5-7-16)18(13-27)26(22)20(28)17-8-11-23-12-9-17/h3-9,11-12,18-19,27H,2,10,13-15H2,1H3,(H,24,29)/t18-,19+/m1/s1.